The van der Waals surface area contributed by atoms with E-state index in [0.717, 1.165) is 51.6 Å². The van der Waals surface area contributed by atoms with Crippen LogP contribution in [0.4, 0.5) is 5.69 Å². The second-order valence-electron chi connectivity index (χ2n) is 6.83. The van der Waals surface area contributed by atoms with Crippen molar-refractivity contribution in [2.75, 3.05) is 25.0 Å². The van der Waals surface area contributed by atoms with Gasteiger partial charge in [-0.1, -0.05) is 31.0 Å². The molecule has 0 aromatic heterocycles. The maximum Gasteiger partial charge on any atom is 0.242 e. The molecule has 1 aromatic carbocycles. The highest BCUT2D eigenvalue weighted by atomic mass is 16.2. The van der Waals surface area contributed by atoms with Crippen molar-refractivity contribution in [3.05, 3.63) is 30.3 Å². The molecule has 4 heteroatoms. The van der Waals surface area contributed by atoms with E-state index in [9.17, 15) is 4.79 Å². The monoisotopic (exact) mass is 301 g/mol. The van der Waals surface area contributed by atoms with Gasteiger partial charge in [-0.15, -0.1) is 0 Å². The number of rotatable bonds is 3. The van der Waals surface area contributed by atoms with E-state index >= 15 is 0 Å². The molecule has 0 atom stereocenters. The second kappa shape index (κ2) is 6.29. The molecule has 1 amide bonds. The van der Waals surface area contributed by atoms with Crippen molar-refractivity contribution in [3.63, 3.8) is 0 Å². The number of nitrogens with two attached hydrogens (primary N) is 1. The molecule has 1 aromatic rings. The fraction of sp³-hybridized carbons (Fsp3) is 0.611. The first-order valence-corrected chi connectivity index (χ1v) is 8.46. The molecule has 1 saturated carbocycles. The van der Waals surface area contributed by atoms with Crippen LogP contribution >= 0.6 is 0 Å². The Morgan fingerprint density at radius 2 is 1.77 bits per heavy atom. The van der Waals surface area contributed by atoms with Gasteiger partial charge >= 0.3 is 0 Å². The Kier molecular flexibility index (Phi) is 4.39. The third-order valence-corrected chi connectivity index (χ3v) is 5.38. The number of hydrogen-bond acceptors (Lipinski definition) is 3. The summed E-state index contributed by atoms with van der Waals surface area (Å²) in [6, 6.07) is 11.0. The molecule has 2 N–H and O–H groups in total. The number of anilines is 1. The van der Waals surface area contributed by atoms with Crippen LogP contribution in [0, 0.1) is 0 Å². The van der Waals surface area contributed by atoms with Crippen LogP contribution in [0.25, 0.3) is 0 Å². The van der Waals surface area contributed by atoms with Crippen LogP contribution in [0.1, 0.15) is 38.5 Å². The fourth-order valence-electron chi connectivity index (χ4n) is 3.86. The first-order chi connectivity index (χ1) is 10.6. The molecule has 1 heterocycles. The summed E-state index contributed by atoms with van der Waals surface area (Å²) < 4.78 is 0. The van der Waals surface area contributed by atoms with Crippen LogP contribution in [0.3, 0.4) is 0 Å². The average Bonchev–Trinajstić information content (AvgIpc) is 3.02. The summed E-state index contributed by atoms with van der Waals surface area (Å²) in [5.41, 5.74) is 6.99. The van der Waals surface area contributed by atoms with Crippen LogP contribution in [0.5, 0.6) is 0 Å². The van der Waals surface area contributed by atoms with Gasteiger partial charge in [-0.2, -0.15) is 0 Å². The zero-order chi connectivity index (χ0) is 15.6. The van der Waals surface area contributed by atoms with Crippen molar-refractivity contribution in [2.45, 2.75) is 50.1 Å². The van der Waals surface area contributed by atoms with E-state index in [1.165, 1.54) is 5.69 Å². The predicted molar refractivity (Wildman–Crippen MR) is 89.8 cm³/mol. The molecule has 1 aliphatic heterocycles. The average molecular weight is 301 g/mol. The first kappa shape index (κ1) is 15.3. The van der Waals surface area contributed by atoms with Crippen molar-refractivity contribution in [3.8, 4) is 0 Å². The summed E-state index contributed by atoms with van der Waals surface area (Å²) >= 11 is 0. The third-order valence-electron chi connectivity index (χ3n) is 5.38. The van der Waals surface area contributed by atoms with Gasteiger partial charge in [0, 0.05) is 31.9 Å². The van der Waals surface area contributed by atoms with Crippen molar-refractivity contribution in [1.82, 2.24) is 4.90 Å². The van der Waals surface area contributed by atoms with Crippen LogP contribution in [0.15, 0.2) is 30.3 Å². The molecule has 0 radical (unpaired) electrons. The molecule has 4 nitrogen and oxygen atoms in total. The lowest BCUT2D eigenvalue weighted by Gasteiger charge is -2.40. The molecule has 1 saturated heterocycles. The van der Waals surface area contributed by atoms with E-state index in [2.05, 4.69) is 36.2 Å². The van der Waals surface area contributed by atoms with E-state index < -0.39 is 5.54 Å². The number of carbonyl (C=O) groups is 1. The number of para-hydroxylation sites is 1. The van der Waals surface area contributed by atoms with E-state index in [0.29, 0.717) is 6.04 Å². The molecule has 120 valence electrons. The minimum absolute atomic E-state index is 0.186. The van der Waals surface area contributed by atoms with Crippen molar-refractivity contribution < 1.29 is 4.79 Å². The Morgan fingerprint density at radius 3 is 2.36 bits per heavy atom. The quantitative estimate of drug-likeness (QED) is 0.932. The lowest BCUT2D eigenvalue weighted by atomic mass is 9.94. The highest BCUT2D eigenvalue weighted by Gasteiger charge is 2.40. The summed E-state index contributed by atoms with van der Waals surface area (Å²) in [5.74, 6) is 0.186. The molecule has 22 heavy (non-hydrogen) atoms. The first-order valence-electron chi connectivity index (χ1n) is 8.46. The van der Waals surface area contributed by atoms with Gasteiger partial charge in [0.1, 0.15) is 0 Å². The highest BCUT2D eigenvalue weighted by Crippen LogP contribution is 2.30. The molecular formula is C18H27N3O. The SMILES string of the molecule is CN(c1ccccc1)C1CCN(C(=O)C2(N)CCCC2)CC1. The molecule has 0 spiro atoms. The van der Waals surface area contributed by atoms with Crippen molar-refractivity contribution in [2.24, 2.45) is 5.73 Å². The fourth-order valence-corrected chi connectivity index (χ4v) is 3.86. The highest BCUT2D eigenvalue weighted by molar-refractivity contribution is 5.86. The number of benzene rings is 1. The van der Waals surface area contributed by atoms with Gasteiger partial charge in [0.2, 0.25) is 5.91 Å². The number of carbonyl (C=O) groups excluding carboxylic acids is 1. The van der Waals surface area contributed by atoms with E-state index in [4.69, 9.17) is 5.73 Å². The summed E-state index contributed by atoms with van der Waals surface area (Å²) in [6.07, 6.45) is 5.94. The van der Waals surface area contributed by atoms with Gasteiger partial charge in [0.15, 0.2) is 0 Å². The van der Waals surface area contributed by atoms with Gasteiger partial charge in [-0.3, -0.25) is 4.79 Å². The lowest BCUT2D eigenvalue weighted by molar-refractivity contribution is -0.137. The summed E-state index contributed by atoms with van der Waals surface area (Å²) in [4.78, 5) is 17.0. The summed E-state index contributed by atoms with van der Waals surface area (Å²) in [6.45, 7) is 1.67. The maximum absolute atomic E-state index is 12.7. The minimum Gasteiger partial charge on any atom is -0.371 e. The topological polar surface area (TPSA) is 49.6 Å². The Bertz CT molecular complexity index is 502. The molecular weight excluding hydrogens is 274 g/mol. The Balaban J connectivity index is 1.57. The number of amides is 1. The van der Waals surface area contributed by atoms with Gasteiger partial charge in [0.25, 0.3) is 0 Å². The van der Waals surface area contributed by atoms with E-state index in [-0.39, 0.29) is 5.91 Å². The number of likely N-dealkylation sites (tertiary alicyclic amines) is 1. The van der Waals surface area contributed by atoms with Crippen LogP contribution < -0.4 is 10.6 Å². The molecule has 1 aliphatic carbocycles. The number of hydrogen-bond donors (Lipinski definition) is 1. The van der Waals surface area contributed by atoms with Crippen molar-refractivity contribution in [1.29, 1.82) is 0 Å². The standard InChI is InChI=1S/C18H27N3O/c1-20(15-7-3-2-4-8-15)16-9-13-21(14-10-16)17(22)18(19)11-5-6-12-18/h2-4,7-8,16H,5-6,9-14,19H2,1H3. The largest absolute Gasteiger partial charge is 0.371 e. The Labute approximate surface area is 133 Å². The zero-order valence-corrected chi connectivity index (χ0v) is 13.5. The molecule has 3 rings (SSSR count). The van der Waals surface area contributed by atoms with E-state index in [1.54, 1.807) is 0 Å². The normalized spacial score (nSPS) is 21.8. The van der Waals surface area contributed by atoms with Crippen LogP contribution in [-0.4, -0.2) is 42.5 Å². The predicted octanol–water partition coefficient (Wildman–Crippen LogP) is 2.39. The van der Waals surface area contributed by atoms with Gasteiger partial charge in [-0.05, 0) is 37.8 Å². The smallest absolute Gasteiger partial charge is 0.242 e. The Hall–Kier alpha value is -1.55. The van der Waals surface area contributed by atoms with Crippen LogP contribution in [0.2, 0.25) is 0 Å². The maximum atomic E-state index is 12.7. The Morgan fingerprint density at radius 1 is 1.18 bits per heavy atom. The lowest BCUT2D eigenvalue weighted by Crippen LogP contribution is -2.56. The minimum atomic E-state index is -0.571. The third kappa shape index (κ3) is 2.98. The second-order valence-corrected chi connectivity index (χ2v) is 6.83. The number of nitrogens with zero attached hydrogens (tertiary/aromatic N) is 2. The molecule has 0 unspecified atom stereocenters. The molecule has 0 bridgehead atoms. The van der Waals surface area contributed by atoms with Gasteiger partial charge < -0.3 is 15.5 Å². The molecule has 2 aliphatic rings. The number of piperidine rings is 1. The zero-order valence-electron chi connectivity index (χ0n) is 13.5. The van der Waals surface area contributed by atoms with Crippen LogP contribution in [-0.2, 0) is 4.79 Å². The van der Waals surface area contributed by atoms with Gasteiger partial charge in [-0.25, -0.2) is 0 Å². The molecule has 2 fully saturated rings. The van der Waals surface area contributed by atoms with Crippen molar-refractivity contribution >= 4 is 11.6 Å². The van der Waals surface area contributed by atoms with Gasteiger partial charge in [0.05, 0.1) is 5.54 Å². The summed E-state index contributed by atoms with van der Waals surface area (Å²) in [5, 5.41) is 0. The summed E-state index contributed by atoms with van der Waals surface area (Å²) in [7, 11) is 2.15. The van der Waals surface area contributed by atoms with E-state index in [1.807, 2.05) is 11.0 Å².